The third kappa shape index (κ3) is 6.05. The summed E-state index contributed by atoms with van der Waals surface area (Å²) in [6, 6.07) is 73.4. The molecule has 2 aromatic heterocycles. The Hall–Kier alpha value is -8.66. The molecule has 0 saturated heterocycles. The molecule has 0 aliphatic heterocycles. The fourth-order valence-corrected chi connectivity index (χ4v) is 9.89. The number of nitrogens with zero attached hydrogens (tertiary/aromatic N) is 2. The van der Waals surface area contributed by atoms with Gasteiger partial charge in [-0.05, 0) is 122 Å². The van der Waals surface area contributed by atoms with Crippen molar-refractivity contribution in [2.24, 2.45) is 0 Å². The van der Waals surface area contributed by atoms with Crippen molar-refractivity contribution in [2.45, 2.75) is 0 Å². The highest BCUT2D eigenvalue weighted by Gasteiger charge is 2.22. The summed E-state index contributed by atoms with van der Waals surface area (Å²) in [4.78, 5) is 1.88. The predicted octanol–water partition coefficient (Wildman–Crippen LogP) is 17.5. The van der Waals surface area contributed by atoms with Gasteiger partial charge in [0.25, 0.3) is 0 Å². The van der Waals surface area contributed by atoms with E-state index in [1.165, 1.54) is 10.8 Å². The van der Waals surface area contributed by atoms with E-state index in [2.05, 4.69) is 138 Å². The van der Waals surface area contributed by atoms with Crippen molar-refractivity contribution in [2.75, 3.05) is 4.90 Å². The van der Waals surface area contributed by atoms with Gasteiger partial charge in [-0.3, -0.25) is 0 Å². The summed E-state index contributed by atoms with van der Waals surface area (Å²) in [5.74, 6) is 0. The fourth-order valence-electron chi connectivity index (χ4n) is 9.89. The highest BCUT2D eigenvalue weighted by atomic mass is 16.3. The Balaban J connectivity index is 1.02. The molecular weight excluding hydrogens is 789 g/mol. The third-order valence-corrected chi connectivity index (χ3v) is 12.8. The maximum absolute atomic E-state index is 9.98. The van der Waals surface area contributed by atoms with Crippen LogP contribution < -0.4 is 4.90 Å². The van der Waals surface area contributed by atoms with E-state index in [4.69, 9.17) is 4.42 Å². The summed E-state index contributed by atoms with van der Waals surface area (Å²) >= 11 is 0. The van der Waals surface area contributed by atoms with Crippen molar-refractivity contribution in [3.8, 4) is 39.1 Å². The SMILES string of the molecule is [2H]c1c([2H])c(N(c2ccc(-c3cccc(-c4cccc5ccccc45)c3)cc2)c2cccc3oc4c5ccccc5ccc4c23)c([2H])c([2H])c1-c1cccc2c1c1ccccc1n2-c1ccccc1. The average molecular weight is 833 g/mol. The van der Waals surface area contributed by atoms with Gasteiger partial charge in [0.1, 0.15) is 11.2 Å². The van der Waals surface area contributed by atoms with Crippen molar-refractivity contribution < 1.29 is 9.90 Å². The monoisotopic (exact) mass is 832 g/mol. The minimum atomic E-state index is -0.156. The molecular formula is C62H40N2O. The van der Waals surface area contributed by atoms with E-state index in [1.54, 1.807) is 0 Å². The van der Waals surface area contributed by atoms with Crippen LogP contribution in [0.3, 0.4) is 0 Å². The van der Waals surface area contributed by atoms with E-state index in [-0.39, 0.29) is 35.4 Å². The molecule has 11 aromatic carbocycles. The number of fused-ring (bicyclic) bond motifs is 9. The highest BCUT2D eigenvalue weighted by Crippen LogP contribution is 2.46. The standard InChI is InChI=1S/C62H40N2O/c1-2-19-47(20-3-1)64-56-26-9-8-23-54(56)60-52(25-12-27-57(60)64)44-32-37-49(38-33-44)63(58-28-13-29-59-61(58)55-39-34-43-15-5-7-22-53(43)62(55)65-59)48-35-30-41(31-36-48)45-17-10-18-46(40-45)51-24-11-16-42-14-4-6-21-50(42)51/h1-40H/i32D,33D,37D,38D. The van der Waals surface area contributed by atoms with E-state index in [1.807, 2.05) is 89.8 Å². The number of hydrogen-bond acceptors (Lipinski definition) is 2. The molecule has 13 aromatic rings. The lowest BCUT2D eigenvalue weighted by atomic mass is 9.95. The van der Waals surface area contributed by atoms with Crippen LogP contribution in [0.4, 0.5) is 17.1 Å². The second-order valence-corrected chi connectivity index (χ2v) is 16.5. The van der Waals surface area contributed by atoms with Crippen molar-refractivity contribution in [1.29, 1.82) is 0 Å². The van der Waals surface area contributed by atoms with Gasteiger partial charge >= 0.3 is 0 Å². The zero-order chi connectivity index (χ0) is 46.3. The summed E-state index contributed by atoms with van der Waals surface area (Å²) < 4.78 is 48.6. The Morgan fingerprint density at radius 3 is 1.88 bits per heavy atom. The summed E-state index contributed by atoms with van der Waals surface area (Å²) in [5.41, 5.74) is 11.0. The van der Waals surface area contributed by atoms with Crippen LogP contribution in [0.2, 0.25) is 0 Å². The van der Waals surface area contributed by atoms with Crippen molar-refractivity contribution in [3.63, 3.8) is 0 Å². The van der Waals surface area contributed by atoms with Gasteiger partial charge in [-0.1, -0.05) is 170 Å². The van der Waals surface area contributed by atoms with E-state index >= 15 is 0 Å². The molecule has 0 aliphatic carbocycles. The normalized spacial score (nSPS) is 12.6. The zero-order valence-corrected chi connectivity index (χ0v) is 35.1. The lowest BCUT2D eigenvalue weighted by Crippen LogP contribution is -2.10. The summed E-state index contributed by atoms with van der Waals surface area (Å²) in [7, 11) is 0. The third-order valence-electron chi connectivity index (χ3n) is 12.8. The molecule has 2 heterocycles. The number of para-hydroxylation sites is 2. The van der Waals surface area contributed by atoms with Gasteiger partial charge in [0.2, 0.25) is 0 Å². The van der Waals surface area contributed by atoms with Gasteiger partial charge in [-0.25, -0.2) is 0 Å². The molecule has 0 saturated carbocycles. The second kappa shape index (κ2) is 15.0. The van der Waals surface area contributed by atoms with Gasteiger partial charge in [0, 0.05) is 38.6 Å². The molecule has 0 radical (unpaired) electrons. The van der Waals surface area contributed by atoms with E-state index < -0.39 is 0 Å². The second-order valence-electron chi connectivity index (χ2n) is 16.5. The zero-order valence-electron chi connectivity index (χ0n) is 39.1. The lowest BCUT2D eigenvalue weighted by molar-refractivity contribution is 0.672. The van der Waals surface area contributed by atoms with Gasteiger partial charge in [0.15, 0.2) is 0 Å². The van der Waals surface area contributed by atoms with Gasteiger partial charge in [-0.2, -0.15) is 0 Å². The topological polar surface area (TPSA) is 21.3 Å². The smallest absolute Gasteiger partial charge is 0.143 e. The minimum Gasteiger partial charge on any atom is -0.455 e. The number of benzene rings is 11. The van der Waals surface area contributed by atoms with Crippen LogP contribution in [-0.4, -0.2) is 4.57 Å². The predicted molar refractivity (Wildman–Crippen MR) is 274 cm³/mol. The molecule has 304 valence electrons. The first kappa shape index (κ1) is 33.0. The minimum absolute atomic E-state index is 0.128. The Kier molecular flexibility index (Phi) is 7.61. The Labute approximate surface area is 381 Å². The lowest BCUT2D eigenvalue weighted by Gasteiger charge is -2.26. The Morgan fingerprint density at radius 2 is 1.03 bits per heavy atom. The van der Waals surface area contributed by atoms with Crippen LogP contribution in [0.1, 0.15) is 5.48 Å². The number of aromatic nitrogens is 1. The highest BCUT2D eigenvalue weighted by molar-refractivity contribution is 6.20. The molecule has 65 heavy (non-hydrogen) atoms. The van der Waals surface area contributed by atoms with E-state index in [9.17, 15) is 5.48 Å². The molecule has 0 atom stereocenters. The first-order valence-electron chi connectivity index (χ1n) is 23.9. The molecule has 0 fully saturated rings. The van der Waals surface area contributed by atoms with Crippen LogP contribution in [0.5, 0.6) is 0 Å². The molecule has 3 heteroatoms. The molecule has 0 aliphatic rings. The fraction of sp³-hybridized carbons (Fsp3) is 0. The summed E-state index contributed by atoms with van der Waals surface area (Å²) in [5, 5.41) is 7.94. The molecule has 13 rings (SSSR count). The van der Waals surface area contributed by atoms with Crippen molar-refractivity contribution >= 4 is 82.4 Å². The van der Waals surface area contributed by atoms with Crippen LogP contribution in [0.25, 0.3) is 104 Å². The molecule has 3 nitrogen and oxygen atoms in total. The molecule has 0 N–H and O–H groups in total. The number of anilines is 3. The first-order chi connectivity index (χ1) is 33.9. The molecule has 0 amide bonds. The quantitative estimate of drug-likeness (QED) is 0.160. The van der Waals surface area contributed by atoms with E-state index in [0.29, 0.717) is 22.5 Å². The van der Waals surface area contributed by atoms with Crippen LogP contribution in [0.15, 0.2) is 247 Å². The summed E-state index contributed by atoms with van der Waals surface area (Å²) in [6.07, 6.45) is 0. The maximum Gasteiger partial charge on any atom is 0.143 e. The Bertz CT molecular complexity index is 4160. The molecule has 0 unspecified atom stereocenters. The van der Waals surface area contributed by atoms with E-state index in [0.717, 1.165) is 76.9 Å². The van der Waals surface area contributed by atoms with Gasteiger partial charge < -0.3 is 13.9 Å². The average Bonchev–Trinajstić information content (AvgIpc) is 3.97. The number of rotatable bonds is 7. The van der Waals surface area contributed by atoms with Gasteiger partial charge in [0.05, 0.1) is 27.6 Å². The molecule has 0 spiro atoms. The number of furan rings is 1. The van der Waals surface area contributed by atoms with Crippen molar-refractivity contribution in [1.82, 2.24) is 4.57 Å². The largest absolute Gasteiger partial charge is 0.455 e. The molecule has 0 bridgehead atoms. The van der Waals surface area contributed by atoms with Crippen LogP contribution in [-0.2, 0) is 0 Å². The first-order valence-corrected chi connectivity index (χ1v) is 21.9. The van der Waals surface area contributed by atoms with Gasteiger partial charge in [-0.15, -0.1) is 0 Å². The van der Waals surface area contributed by atoms with Crippen molar-refractivity contribution in [3.05, 3.63) is 243 Å². The van der Waals surface area contributed by atoms with Crippen LogP contribution in [0, 0.1) is 0 Å². The Morgan fingerprint density at radius 1 is 0.385 bits per heavy atom. The van der Waals surface area contributed by atoms with Crippen LogP contribution >= 0.6 is 0 Å². The number of hydrogen-bond donors (Lipinski definition) is 0. The maximum atomic E-state index is 9.98. The summed E-state index contributed by atoms with van der Waals surface area (Å²) in [6.45, 7) is 0.